The van der Waals surface area contributed by atoms with E-state index in [4.69, 9.17) is 0 Å². The van der Waals surface area contributed by atoms with Gasteiger partial charge in [-0.3, -0.25) is 4.79 Å². The van der Waals surface area contributed by atoms with Crippen LogP contribution >= 0.6 is 0 Å². The fourth-order valence-electron chi connectivity index (χ4n) is 1.02. The van der Waals surface area contributed by atoms with Crippen LogP contribution in [0.15, 0.2) is 36.0 Å². The van der Waals surface area contributed by atoms with Gasteiger partial charge in [0.15, 0.2) is 5.78 Å². The minimum Gasteiger partial charge on any atom is -0.381 e. The van der Waals surface area contributed by atoms with Crippen LogP contribution in [-0.4, -0.2) is 24.8 Å². The van der Waals surface area contributed by atoms with Crippen molar-refractivity contribution in [2.24, 2.45) is 0 Å². The lowest BCUT2D eigenvalue weighted by Gasteiger charge is -2.11. The summed E-state index contributed by atoms with van der Waals surface area (Å²) in [6.45, 7) is 1.85. The van der Waals surface area contributed by atoms with Gasteiger partial charge in [-0.05, 0) is 31.2 Å². The van der Waals surface area contributed by atoms with Gasteiger partial charge in [0.1, 0.15) is 5.82 Å². The molecule has 0 fully saturated rings. The summed E-state index contributed by atoms with van der Waals surface area (Å²) in [6.07, 6.45) is 1.53. The molecule has 0 amide bonds. The van der Waals surface area contributed by atoms with Crippen LogP contribution in [0.25, 0.3) is 0 Å². The summed E-state index contributed by atoms with van der Waals surface area (Å²) >= 11 is 0. The number of benzene rings is 1. The van der Waals surface area contributed by atoms with Crippen molar-refractivity contribution in [1.29, 1.82) is 0 Å². The van der Waals surface area contributed by atoms with Crippen LogP contribution < -0.4 is 0 Å². The van der Waals surface area contributed by atoms with Crippen molar-refractivity contribution < 1.29 is 9.18 Å². The molecule has 15 heavy (non-hydrogen) atoms. The van der Waals surface area contributed by atoms with Crippen molar-refractivity contribution >= 4 is 5.78 Å². The average molecular weight is 207 g/mol. The quantitative estimate of drug-likeness (QED) is 0.560. The molecule has 3 heteroatoms. The molecule has 0 radical (unpaired) electrons. The molecule has 1 aromatic rings. The molecule has 1 aromatic carbocycles. The van der Waals surface area contributed by atoms with Crippen LogP contribution in [0.2, 0.25) is 0 Å². The van der Waals surface area contributed by atoms with E-state index in [1.54, 1.807) is 0 Å². The highest BCUT2D eigenvalue weighted by Gasteiger charge is 2.03. The fraction of sp³-hybridized carbons (Fsp3) is 0.250. The van der Waals surface area contributed by atoms with E-state index in [1.807, 2.05) is 25.9 Å². The summed E-state index contributed by atoms with van der Waals surface area (Å²) in [4.78, 5) is 13.5. The number of nitrogens with zero attached hydrogens (tertiary/aromatic N) is 1. The lowest BCUT2D eigenvalue weighted by molar-refractivity contribution is 0.104. The molecular formula is C12H14FNO. The Bertz CT molecular complexity index is 379. The zero-order valence-corrected chi connectivity index (χ0v) is 9.12. The summed E-state index contributed by atoms with van der Waals surface area (Å²) in [5.41, 5.74) is 1.36. The van der Waals surface area contributed by atoms with Crippen LogP contribution in [-0.2, 0) is 0 Å². The van der Waals surface area contributed by atoms with Gasteiger partial charge in [0.2, 0.25) is 0 Å². The molecule has 0 unspecified atom stereocenters. The van der Waals surface area contributed by atoms with Crippen LogP contribution in [0.1, 0.15) is 17.3 Å². The number of halogens is 1. The number of hydrogen-bond acceptors (Lipinski definition) is 2. The topological polar surface area (TPSA) is 20.3 Å². The van der Waals surface area contributed by atoms with Crippen LogP contribution in [0.4, 0.5) is 4.39 Å². The number of hydrogen-bond donors (Lipinski definition) is 0. The van der Waals surface area contributed by atoms with Crippen molar-refractivity contribution in [3.05, 3.63) is 47.4 Å². The highest BCUT2D eigenvalue weighted by atomic mass is 19.1. The van der Waals surface area contributed by atoms with E-state index in [0.717, 1.165) is 5.70 Å². The molecule has 0 aliphatic carbocycles. The van der Waals surface area contributed by atoms with Crippen molar-refractivity contribution in [2.75, 3.05) is 14.1 Å². The second kappa shape index (κ2) is 4.73. The maximum absolute atomic E-state index is 12.6. The molecule has 0 bridgehead atoms. The maximum Gasteiger partial charge on any atom is 0.187 e. The first-order chi connectivity index (χ1) is 7.00. The number of carbonyl (C=O) groups is 1. The highest BCUT2D eigenvalue weighted by molar-refractivity contribution is 6.04. The molecule has 0 saturated heterocycles. The summed E-state index contributed by atoms with van der Waals surface area (Å²) in [5.74, 6) is -0.443. The Hall–Kier alpha value is -1.64. The van der Waals surface area contributed by atoms with Gasteiger partial charge in [0.25, 0.3) is 0 Å². The highest BCUT2D eigenvalue weighted by Crippen LogP contribution is 2.06. The number of rotatable bonds is 3. The van der Waals surface area contributed by atoms with Gasteiger partial charge < -0.3 is 4.90 Å². The predicted molar refractivity (Wildman–Crippen MR) is 58.2 cm³/mol. The Morgan fingerprint density at radius 1 is 1.27 bits per heavy atom. The Labute approximate surface area is 89.0 Å². The SMILES string of the molecule is C/C(=C/C(=O)c1ccc(F)cc1)N(C)C. The molecule has 0 heterocycles. The van der Waals surface area contributed by atoms with Crippen LogP contribution in [0, 0.1) is 5.82 Å². The third kappa shape index (κ3) is 3.20. The second-order valence-electron chi connectivity index (χ2n) is 3.55. The summed E-state index contributed by atoms with van der Waals surface area (Å²) in [7, 11) is 3.73. The van der Waals surface area contributed by atoms with Gasteiger partial charge in [0, 0.05) is 31.4 Å². The third-order valence-electron chi connectivity index (χ3n) is 2.17. The van der Waals surface area contributed by atoms with Crippen molar-refractivity contribution in [3.63, 3.8) is 0 Å². The smallest absolute Gasteiger partial charge is 0.187 e. The molecule has 0 N–H and O–H groups in total. The predicted octanol–water partition coefficient (Wildman–Crippen LogP) is 2.47. The van der Waals surface area contributed by atoms with E-state index >= 15 is 0 Å². The van der Waals surface area contributed by atoms with Gasteiger partial charge in [-0.1, -0.05) is 0 Å². The van der Waals surface area contributed by atoms with Gasteiger partial charge in [-0.2, -0.15) is 0 Å². The lowest BCUT2D eigenvalue weighted by atomic mass is 10.1. The van der Waals surface area contributed by atoms with E-state index in [0.29, 0.717) is 5.56 Å². The molecule has 0 aliphatic rings. The Balaban J connectivity index is 2.86. The molecule has 1 rings (SSSR count). The zero-order chi connectivity index (χ0) is 11.4. The van der Waals surface area contributed by atoms with E-state index in [2.05, 4.69) is 0 Å². The summed E-state index contributed by atoms with van der Waals surface area (Å²) < 4.78 is 12.6. The molecule has 0 aromatic heterocycles. The summed E-state index contributed by atoms with van der Waals surface area (Å²) in [6, 6.07) is 5.53. The van der Waals surface area contributed by atoms with E-state index in [1.165, 1.54) is 30.3 Å². The summed E-state index contributed by atoms with van der Waals surface area (Å²) in [5, 5.41) is 0. The standard InChI is InChI=1S/C12H14FNO/c1-9(14(2)3)8-12(15)10-4-6-11(13)7-5-10/h4-8H,1-3H3/b9-8-. The van der Waals surface area contributed by atoms with Gasteiger partial charge in [-0.15, -0.1) is 0 Å². The van der Waals surface area contributed by atoms with E-state index in [9.17, 15) is 9.18 Å². The molecule has 0 spiro atoms. The van der Waals surface area contributed by atoms with Crippen LogP contribution in [0.5, 0.6) is 0 Å². The maximum atomic E-state index is 12.6. The molecular weight excluding hydrogens is 193 g/mol. The van der Waals surface area contributed by atoms with Crippen molar-refractivity contribution in [3.8, 4) is 0 Å². The first-order valence-electron chi connectivity index (χ1n) is 4.66. The normalized spacial score (nSPS) is 11.3. The minimum absolute atomic E-state index is 0.110. The first-order valence-corrected chi connectivity index (χ1v) is 4.66. The molecule has 2 nitrogen and oxygen atoms in total. The molecule has 0 saturated carbocycles. The first kappa shape index (κ1) is 11.4. The minimum atomic E-state index is -0.333. The Morgan fingerprint density at radius 3 is 2.27 bits per heavy atom. The zero-order valence-electron chi connectivity index (χ0n) is 9.12. The largest absolute Gasteiger partial charge is 0.381 e. The monoisotopic (exact) mass is 207 g/mol. The van der Waals surface area contributed by atoms with E-state index in [-0.39, 0.29) is 11.6 Å². The number of carbonyl (C=O) groups excluding carboxylic acids is 1. The Kier molecular flexibility index (Phi) is 3.61. The molecule has 0 atom stereocenters. The third-order valence-corrected chi connectivity index (χ3v) is 2.17. The van der Waals surface area contributed by atoms with Gasteiger partial charge >= 0.3 is 0 Å². The number of allylic oxidation sites excluding steroid dienone is 2. The molecule has 80 valence electrons. The van der Waals surface area contributed by atoms with Crippen LogP contribution in [0.3, 0.4) is 0 Å². The average Bonchev–Trinajstić information content (AvgIpc) is 2.18. The Morgan fingerprint density at radius 2 is 1.80 bits per heavy atom. The van der Waals surface area contributed by atoms with Gasteiger partial charge in [0.05, 0.1) is 0 Å². The van der Waals surface area contributed by atoms with Crippen molar-refractivity contribution in [2.45, 2.75) is 6.92 Å². The lowest BCUT2D eigenvalue weighted by Crippen LogP contribution is -2.10. The fourth-order valence-corrected chi connectivity index (χ4v) is 1.02. The number of ketones is 1. The second-order valence-corrected chi connectivity index (χ2v) is 3.55. The van der Waals surface area contributed by atoms with Gasteiger partial charge in [-0.25, -0.2) is 4.39 Å². The van der Waals surface area contributed by atoms with E-state index < -0.39 is 0 Å². The van der Waals surface area contributed by atoms with Crippen molar-refractivity contribution in [1.82, 2.24) is 4.90 Å². The molecule has 0 aliphatic heterocycles.